The lowest BCUT2D eigenvalue weighted by Crippen LogP contribution is -2.01. The molecule has 0 saturated heterocycles. The summed E-state index contributed by atoms with van der Waals surface area (Å²) >= 11 is 9.01. The largest absolute Gasteiger partial charge is 0.309 e. The maximum Gasteiger partial charge on any atom is 0.165 e. The average Bonchev–Trinajstić information content (AvgIpc) is 1.57. The molecule has 11 heterocycles. The van der Waals surface area contributed by atoms with E-state index in [9.17, 15) is 0 Å². The van der Waals surface area contributed by atoms with E-state index in [2.05, 4.69) is 426 Å². The van der Waals surface area contributed by atoms with Gasteiger partial charge in [0.05, 0.1) is 64.9 Å². The molecule has 0 aliphatic carbocycles. The van der Waals surface area contributed by atoms with Gasteiger partial charge < -0.3 is 13.7 Å². The van der Waals surface area contributed by atoms with Crippen LogP contribution in [-0.2, 0) is 0 Å². The van der Waals surface area contributed by atoms with Gasteiger partial charge in [-0.25, -0.2) is 34.9 Å². The summed E-state index contributed by atoms with van der Waals surface area (Å²) in [4.78, 5) is 36.6. The number of aromatic nitrogens is 10. The molecule has 30 aromatic rings. The number of fused-ring (bicyclic) bond motifs is 24. The summed E-state index contributed by atoms with van der Waals surface area (Å²) in [6, 6.07) is 160. The summed E-state index contributed by atoms with van der Waals surface area (Å²) < 4.78 is 19.3. The Labute approximate surface area is 821 Å². The summed E-state index contributed by atoms with van der Waals surface area (Å²) in [6.07, 6.45) is 0. The maximum absolute atomic E-state index is 5.40. The number of hydrogen-bond acceptors (Lipinski definition) is 12. The lowest BCUT2D eigenvalue weighted by Gasteiger charge is -2.13. The predicted octanol–water partition coefficient (Wildman–Crippen LogP) is 35.3. The minimum Gasteiger partial charge on any atom is -0.309 e. The van der Waals surface area contributed by atoms with Crippen molar-refractivity contribution in [2.45, 2.75) is 0 Å². The van der Waals surface area contributed by atoms with E-state index < -0.39 is 0 Å². The summed E-state index contributed by atoms with van der Waals surface area (Å²) in [5, 5.41) is 17.3. The van der Waals surface area contributed by atoms with Crippen LogP contribution in [0.25, 0.3) is 274 Å². The minimum absolute atomic E-state index is 0.658. The van der Waals surface area contributed by atoms with Gasteiger partial charge >= 0.3 is 0 Å². The number of hydrogen-bond donors (Lipinski definition) is 0. The van der Waals surface area contributed by atoms with Crippen molar-refractivity contribution in [3.05, 3.63) is 449 Å². The zero-order chi connectivity index (χ0) is 92.0. The Kier molecular flexibility index (Phi) is 19.4. The van der Waals surface area contributed by atoms with Gasteiger partial charge in [0.1, 0.15) is 0 Å². The highest BCUT2D eigenvalue weighted by Gasteiger charge is 2.27. The summed E-state index contributed by atoms with van der Waals surface area (Å²) in [6.45, 7) is 0. The monoisotopic (exact) mass is 1870 g/mol. The number of benzene rings is 19. The van der Waals surface area contributed by atoms with Gasteiger partial charge in [0, 0.05) is 175 Å². The van der Waals surface area contributed by atoms with Crippen molar-refractivity contribution in [2.24, 2.45) is 0 Å². The molecule has 0 aliphatic rings. The molecule has 0 bridgehead atoms. The van der Waals surface area contributed by atoms with Crippen LogP contribution >= 0.6 is 56.7 Å². The molecular weight excluding hydrogens is 1800 g/mol. The molecule has 654 valence electrons. The van der Waals surface area contributed by atoms with Crippen molar-refractivity contribution >= 4 is 223 Å². The van der Waals surface area contributed by atoms with Crippen LogP contribution < -0.4 is 0 Å². The summed E-state index contributed by atoms with van der Waals surface area (Å²) in [7, 11) is 0. The van der Waals surface area contributed by atoms with Gasteiger partial charge in [-0.05, 0) is 115 Å². The Balaban J connectivity index is 0.000000103. The third-order valence-electron chi connectivity index (χ3n) is 27.1. The second-order valence-corrected chi connectivity index (χ2v) is 40.5. The molecule has 140 heavy (non-hydrogen) atoms. The van der Waals surface area contributed by atoms with Gasteiger partial charge in [-0.1, -0.05) is 340 Å². The molecule has 0 spiro atoms. The van der Waals surface area contributed by atoms with Crippen molar-refractivity contribution in [1.82, 2.24) is 48.6 Å². The van der Waals surface area contributed by atoms with Crippen LogP contribution in [0.4, 0.5) is 0 Å². The molecule has 10 nitrogen and oxygen atoms in total. The van der Waals surface area contributed by atoms with Crippen LogP contribution in [0.1, 0.15) is 0 Å². The van der Waals surface area contributed by atoms with Crippen molar-refractivity contribution in [1.29, 1.82) is 0 Å². The third kappa shape index (κ3) is 13.6. The molecule has 19 aromatic carbocycles. The molecule has 0 N–H and O–H groups in total. The van der Waals surface area contributed by atoms with E-state index in [0.29, 0.717) is 17.5 Å². The molecule has 0 saturated carbocycles. The molecule has 0 radical (unpaired) electrons. The van der Waals surface area contributed by atoms with Gasteiger partial charge in [-0.15, -0.1) is 56.7 Å². The molecule has 0 unspecified atom stereocenters. The molecule has 0 fully saturated rings. The van der Waals surface area contributed by atoms with Gasteiger partial charge in [0.2, 0.25) is 0 Å². The number of nitrogens with zero attached hydrogens (tertiary/aromatic N) is 10. The van der Waals surface area contributed by atoms with Crippen molar-refractivity contribution < 1.29 is 0 Å². The highest BCUT2D eigenvalue weighted by molar-refractivity contribution is 7.28. The smallest absolute Gasteiger partial charge is 0.165 e. The highest BCUT2D eigenvalue weighted by atomic mass is 32.1. The molecule has 30 rings (SSSR count). The second-order valence-electron chi connectivity index (χ2n) is 35.2. The normalized spacial score (nSPS) is 11.9. The predicted molar refractivity (Wildman–Crippen MR) is 595 cm³/mol. The van der Waals surface area contributed by atoms with E-state index in [4.69, 9.17) is 34.9 Å². The van der Waals surface area contributed by atoms with Crippen molar-refractivity contribution in [2.75, 3.05) is 0 Å². The lowest BCUT2D eigenvalue weighted by molar-refractivity contribution is 1.07. The first-order valence-corrected chi connectivity index (χ1v) is 50.8. The standard InChI is InChI=1S/C46H27N3S2.C40H23N3S2.C39H24N4S/c1-2-13-28(14-3-1)42-45-43(35-20-7-11-24-41(35)51-45)48-46(47-42)30-16-12-15-29(25-30)36-26-31(27-37-34-19-6-10-23-40(34)50-44(36)37)49-38-21-8-4-17-32(38)33-18-5-9-22-39(33)49;1-2-12-24(13-3-1)36-39-37(29-17-7-11-21-35(29)45-39)42-40(41-36)31-23-25(22-30-28-16-6-10-20-34(28)44-38(30)31)43-32-18-8-4-14-26(32)27-15-5-9-19-33(27)43;1-3-13-25(14-4-1)37-40-38(26-15-5-2-6-16-26)42-39(41-37)32-24-27(23-31-30-19-9-12-22-35(30)44-36(31)32)43-33-20-10-7-17-28(33)29-18-8-11-21-34(29)43/h1-27H;1-23H;1-24H. The fraction of sp³-hybridized carbons (Fsp3) is 0. The Hall–Kier alpha value is -17.2. The Morgan fingerprint density at radius 3 is 0.757 bits per heavy atom. The molecule has 11 aromatic heterocycles. The Morgan fingerprint density at radius 2 is 0.393 bits per heavy atom. The van der Waals surface area contributed by atoms with E-state index in [1.165, 1.54) is 152 Å². The minimum atomic E-state index is 0.658. The van der Waals surface area contributed by atoms with Gasteiger partial charge in [0.15, 0.2) is 29.1 Å². The fourth-order valence-electron chi connectivity index (χ4n) is 20.7. The topological polar surface area (TPSA) is 105 Å². The lowest BCUT2D eigenvalue weighted by atomic mass is 9.99. The first-order valence-electron chi connectivity index (χ1n) is 46.7. The first kappa shape index (κ1) is 81.2. The third-order valence-corrected chi connectivity index (χ3v) is 33.0. The first-order chi connectivity index (χ1) is 69.4. The molecule has 0 amide bonds. The number of para-hydroxylation sites is 6. The zero-order valence-electron chi connectivity index (χ0n) is 74.7. The molecule has 15 heteroatoms. The number of rotatable bonds is 11. The van der Waals surface area contributed by atoms with Gasteiger partial charge in [0.25, 0.3) is 0 Å². The van der Waals surface area contributed by atoms with Crippen molar-refractivity contribution in [3.8, 4) is 108 Å². The second kappa shape index (κ2) is 33.4. The van der Waals surface area contributed by atoms with Crippen LogP contribution in [-0.4, -0.2) is 48.6 Å². The highest BCUT2D eigenvalue weighted by Crippen LogP contribution is 2.51. The van der Waals surface area contributed by atoms with Gasteiger partial charge in [-0.2, -0.15) is 0 Å². The number of thiophene rings is 5. The summed E-state index contributed by atoms with van der Waals surface area (Å²) in [5.41, 5.74) is 24.0. The van der Waals surface area contributed by atoms with E-state index in [0.717, 1.165) is 105 Å². The van der Waals surface area contributed by atoms with Crippen molar-refractivity contribution in [3.63, 3.8) is 0 Å². The van der Waals surface area contributed by atoms with Crippen LogP contribution in [0.15, 0.2) is 449 Å². The summed E-state index contributed by atoms with van der Waals surface area (Å²) in [5.74, 6) is 3.47. The molecule has 0 aliphatic heterocycles. The average molecular weight is 1880 g/mol. The van der Waals surface area contributed by atoms with Crippen LogP contribution in [0.3, 0.4) is 0 Å². The quantitative estimate of drug-likeness (QED) is 0.127. The molecular formula is C125H74N10S5. The zero-order valence-corrected chi connectivity index (χ0v) is 78.8. The maximum atomic E-state index is 5.40. The SMILES string of the molecule is c1ccc(-c2nc(-c3cc(-n4c5ccccc5c5ccccc54)cc4c3sc3ccccc34)nc3c2sc2ccccc23)cc1.c1ccc(-c2nc(-c3cccc(-c4cc(-n5c6ccccc6c6ccccc65)cc5c4sc4ccccc45)c3)nc3c2sc2ccccc23)cc1.c1ccc(-c2nc(-c3ccccc3)nc(-c3cc(-n4c5ccccc5c5ccccc54)cc4c3sc3ccccc34)n2)cc1. The van der Waals surface area contributed by atoms with Crippen LogP contribution in [0.2, 0.25) is 0 Å². The van der Waals surface area contributed by atoms with Gasteiger partial charge in [-0.3, -0.25) is 0 Å². The van der Waals surface area contributed by atoms with Crippen LogP contribution in [0, 0.1) is 0 Å². The Morgan fingerprint density at radius 1 is 0.150 bits per heavy atom. The molecule has 0 atom stereocenters. The fourth-order valence-corrected chi connectivity index (χ4v) is 26.7. The van der Waals surface area contributed by atoms with E-state index in [1.54, 1.807) is 34.0 Å². The van der Waals surface area contributed by atoms with Crippen LogP contribution in [0.5, 0.6) is 0 Å². The van der Waals surface area contributed by atoms with E-state index >= 15 is 0 Å². The Bertz CT molecular complexity index is 10000. The van der Waals surface area contributed by atoms with E-state index in [-0.39, 0.29) is 0 Å². The van der Waals surface area contributed by atoms with E-state index in [1.807, 2.05) is 59.1 Å².